The molecule has 0 radical (unpaired) electrons. The Balaban J connectivity index is 1.64. The summed E-state index contributed by atoms with van der Waals surface area (Å²) in [6, 6.07) is 15.7. The van der Waals surface area contributed by atoms with Crippen molar-refractivity contribution >= 4 is 52.2 Å². The summed E-state index contributed by atoms with van der Waals surface area (Å²) in [6.07, 6.45) is 3.57. The molecule has 0 bridgehead atoms. The van der Waals surface area contributed by atoms with E-state index in [9.17, 15) is 14.7 Å². The van der Waals surface area contributed by atoms with Gasteiger partial charge in [-0.15, -0.1) is 0 Å². The largest absolute Gasteiger partial charge is 0.478 e. The van der Waals surface area contributed by atoms with Gasteiger partial charge in [-0.05, 0) is 72.8 Å². The number of aromatic carboxylic acids is 1. The average molecular weight is 438 g/mol. The first-order valence-corrected chi connectivity index (χ1v) is 10.2. The second kappa shape index (κ2) is 8.22. The summed E-state index contributed by atoms with van der Waals surface area (Å²) < 4.78 is 1.82. The lowest BCUT2D eigenvalue weighted by Crippen LogP contribution is -2.19. The number of amidine groups is 1. The highest BCUT2D eigenvalue weighted by molar-refractivity contribution is 8.18. The Bertz CT molecular complexity index is 1230. The highest BCUT2D eigenvalue weighted by Gasteiger charge is 2.24. The third-order valence-corrected chi connectivity index (χ3v) is 5.86. The van der Waals surface area contributed by atoms with E-state index in [1.165, 1.54) is 17.8 Å². The van der Waals surface area contributed by atoms with Crippen LogP contribution in [0.15, 0.2) is 70.7 Å². The van der Waals surface area contributed by atoms with Crippen LogP contribution in [0.25, 0.3) is 11.8 Å². The Hall–Kier alpha value is -3.29. The van der Waals surface area contributed by atoms with E-state index in [1.807, 2.05) is 48.0 Å². The number of hydrogen-bond acceptors (Lipinski definition) is 4. The summed E-state index contributed by atoms with van der Waals surface area (Å²) in [6.45, 7) is 1.87. The van der Waals surface area contributed by atoms with Gasteiger partial charge in [-0.3, -0.25) is 4.79 Å². The van der Waals surface area contributed by atoms with Gasteiger partial charge in [0.25, 0.3) is 5.91 Å². The number of carboxylic acid groups (broad SMARTS) is 1. The summed E-state index contributed by atoms with van der Waals surface area (Å²) in [7, 11) is 0. The van der Waals surface area contributed by atoms with E-state index in [2.05, 4.69) is 10.3 Å². The minimum absolute atomic E-state index is 0.194. The molecule has 0 saturated carbocycles. The second-order valence-corrected chi connectivity index (χ2v) is 7.96. The van der Waals surface area contributed by atoms with Crippen molar-refractivity contribution in [3.8, 4) is 5.69 Å². The quantitative estimate of drug-likeness (QED) is 0.561. The molecule has 30 heavy (non-hydrogen) atoms. The van der Waals surface area contributed by atoms with Crippen LogP contribution in [0.2, 0.25) is 5.02 Å². The lowest BCUT2D eigenvalue weighted by molar-refractivity contribution is -0.115. The fourth-order valence-electron chi connectivity index (χ4n) is 2.98. The molecule has 2 heterocycles. The molecule has 1 aliphatic rings. The summed E-state index contributed by atoms with van der Waals surface area (Å²) in [5.74, 6) is -1.24. The standard InChI is InChI=1S/C22H16ClN3O3S/c1-13-17(23)8-3-9-18(13)24-22-25-20(27)19(30-22)12-16-7-4-10-26(16)15-6-2-5-14(11-15)21(28)29/h2-12H,1H3,(H,28,29)(H,24,25,27)/b19-12-. The van der Waals surface area contributed by atoms with Gasteiger partial charge in [0.15, 0.2) is 5.17 Å². The third kappa shape index (κ3) is 4.03. The molecule has 1 fully saturated rings. The van der Waals surface area contributed by atoms with Crippen molar-refractivity contribution in [2.24, 2.45) is 4.99 Å². The van der Waals surface area contributed by atoms with Gasteiger partial charge in [0.05, 0.1) is 16.2 Å². The smallest absolute Gasteiger partial charge is 0.335 e. The topological polar surface area (TPSA) is 83.7 Å². The van der Waals surface area contributed by atoms with Crippen LogP contribution in [0.3, 0.4) is 0 Å². The Kier molecular flexibility index (Phi) is 5.48. The molecule has 1 saturated heterocycles. The lowest BCUT2D eigenvalue weighted by atomic mass is 10.2. The predicted molar refractivity (Wildman–Crippen MR) is 120 cm³/mol. The number of rotatable bonds is 4. The number of aromatic nitrogens is 1. The number of hydrogen-bond donors (Lipinski definition) is 2. The molecule has 3 aromatic rings. The number of aliphatic imine (C=N–C) groups is 1. The Morgan fingerprint density at radius 2 is 2.00 bits per heavy atom. The fourth-order valence-corrected chi connectivity index (χ4v) is 3.97. The number of amides is 1. The number of benzene rings is 2. The predicted octanol–water partition coefficient (Wildman–Crippen LogP) is 5.03. The number of halogens is 1. The SMILES string of the molecule is Cc1c(Cl)cccc1N=C1NC(=O)/C(=C/c2cccn2-c2cccc(C(=O)O)c2)S1. The molecule has 0 aliphatic carbocycles. The molecular weight excluding hydrogens is 422 g/mol. The van der Waals surface area contributed by atoms with Gasteiger partial charge in [-0.2, -0.15) is 0 Å². The van der Waals surface area contributed by atoms with Crippen LogP contribution >= 0.6 is 23.4 Å². The maximum atomic E-state index is 12.5. The second-order valence-electron chi connectivity index (χ2n) is 6.52. The first-order valence-electron chi connectivity index (χ1n) is 8.98. The first-order chi connectivity index (χ1) is 14.4. The Morgan fingerprint density at radius 1 is 1.20 bits per heavy atom. The molecule has 2 aromatic carbocycles. The van der Waals surface area contributed by atoms with Crippen molar-refractivity contribution in [2.45, 2.75) is 6.92 Å². The van der Waals surface area contributed by atoms with E-state index >= 15 is 0 Å². The van der Waals surface area contributed by atoms with Crippen LogP contribution in [0.5, 0.6) is 0 Å². The van der Waals surface area contributed by atoms with Crippen molar-refractivity contribution in [2.75, 3.05) is 0 Å². The Labute approximate surface area is 181 Å². The van der Waals surface area contributed by atoms with Crippen molar-refractivity contribution in [1.82, 2.24) is 9.88 Å². The molecule has 150 valence electrons. The van der Waals surface area contributed by atoms with Gasteiger partial charge < -0.3 is 15.0 Å². The number of carboxylic acids is 1. The molecule has 0 unspecified atom stereocenters. The summed E-state index contributed by atoms with van der Waals surface area (Å²) in [5.41, 5.74) is 3.17. The zero-order valence-corrected chi connectivity index (χ0v) is 17.4. The van der Waals surface area contributed by atoms with Crippen LogP contribution < -0.4 is 5.32 Å². The van der Waals surface area contributed by atoms with Gasteiger partial charge in [0.2, 0.25) is 0 Å². The molecule has 0 spiro atoms. The van der Waals surface area contributed by atoms with Gasteiger partial charge in [-0.1, -0.05) is 23.7 Å². The number of thioether (sulfide) groups is 1. The minimum Gasteiger partial charge on any atom is -0.478 e. The van der Waals surface area contributed by atoms with Gasteiger partial charge in [0.1, 0.15) is 0 Å². The monoisotopic (exact) mass is 437 g/mol. The fraction of sp³-hybridized carbons (Fsp3) is 0.0455. The summed E-state index contributed by atoms with van der Waals surface area (Å²) in [5, 5.41) is 13.1. The molecule has 2 N–H and O–H groups in total. The zero-order chi connectivity index (χ0) is 21.3. The highest BCUT2D eigenvalue weighted by Crippen LogP contribution is 2.31. The zero-order valence-electron chi connectivity index (χ0n) is 15.8. The summed E-state index contributed by atoms with van der Waals surface area (Å²) in [4.78, 5) is 28.7. The average Bonchev–Trinajstić information content (AvgIpc) is 3.32. The highest BCUT2D eigenvalue weighted by atomic mass is 35.5. The summed E-state index contributed by atoms with van der Waals surface area (Å²) >= 11 is 7.38. The molecule has 1 aliphatic heterocycles. The van der Waals surface area contributed by atoms with Gasteiger partial charge in [-0.25, -0.2) is 9.79 Å². The lowest BCUT2D eigenvalue weighted by Gasteiger charge is -2.07. The van der Waals surface area contributed by atoms with E-state index < -0.39 is 5.97 Å². The third-order valence-electron chi connectivity index (χ3n) is 4.54. The molecule has 4 rings (SSSR count). The van der Waals surface area contributed by atoms with E-state index in [1.54, 1.807) is 24.3 Å². The number of nitrogens with zero attached hydrogens (tertiary/aromatic N) is 2. The van der Waals surface area contributed by atoms with Crippen LogP contribution in [-0.4, -0.2) is 26.7 Å². The van der Waals surface area contributed by atoms with Gasteiger partial charge >= 0.3 is 5.97 Å². The van der Waals surface area contributed by atoms with Crippen molar-refractivity contribution in [1.29, 1.82) is 0 Å². The molecule has 8 heteroatoms. The molecule has 1 aromatic heterocycles. The maximum Gasteiger partial charge on any atom is 0.335 e. The number of nitrogens with one attached hydrogen (secondary N) is 1. The normalized spacial score (nSPS) is 16.3. The van der Waals surface area contributed by atoms with Crippen LogP contribution in [0.1, 0.15) is 21.6 Å². The van der Waals surface area contributed by atoms with Crippen molar-refractivity contribution in [3.05, 3.63) is 87.5 Å². The Morgan fingerprint density at radius 3 is 2.80 bits per heavy atom. The minimum atomic E-state index is -0.994. The molecular formula is C22H16ClN3O3S. The van der Waals surface area contributed by atoms with Crippen LogP contribution in [0.4, 0.5) is 5.69 Å². The van der Waals surface area contributed by atoms with Crippen LogP contribution in [0, 0.1) is 6.92 Å². The molecule has 1 amide bonds. The van der Waals surface area contributed by atoms with Crippen LogP contribution in [-0.2, 0) is 4.79 Å². The van der Waals surface area contributed by atoms with Crippen molar-refractivity contribution < 1.29 is 14.7 Å². The van der Waals surface area contributed by atoms with Gasteiger partial charge in [0, 0.05) is 22.6 Å². The maximum absolute atomic E-state index is 12.5. The molecule has 6 nitrogen and oxygen atoms in total. The van der Waals surface area contributed by atoms with E-state index in [-0.39, 0.29) is 11.5 Å². The number of carbonyl (C=O) groups is 2. The van der Waals surface area contributed by atoms with E-state index in [0.717, 1.165) is 11.3 Å². The van der Waals surface area contributed by atoms with E-state index in [0.29, 0.717) is 26.5 Å². The van der Waals surface area contributed by atoms with E-state index in [4.69, 9.17) is 11.6 Å². The van der Waals surface area contributed by atoms with Crippen molar-refractivity contribution in [3.63, 3.8) is 0 Å². The number of carbonyl (C=O) groups excluding carboxylic acids is 1. The first kappa shape index (κ1) is 20.0. The molecule has 0 atom stereocenters.